The van der Waals surface area contributed by atoms with E-state index in [2.05, 4.69) is 17.2 Å². The molecule has 20 heavy (non-hydrogen) atoms. The highest BCUT2D eigenvalue weighted by Crippen LogP contribution is 2.29. The molecule has 2 atom stereocenters. The Labute approximate surface area is 121 Å². The first-order chi connectivity index (χ1) is 9.61. The van der Waals surface area contributed by atoms with Crippen LogP contribution in [0.2, 0.25) is 0 Å². The lowest BCUT2D eigenvalue weighted by Crippen LogP contribution is -2.32. The maximum Gasteiger partial charge on any atom is 0.272 e. The van der Waals surface area contributed by atoms with Crippen LogP contribution in [-0.4, -0.2) is 35.9 Å². The first-order valence-electron chi connectivity index (χ1n) is 7.56. The number of rotatable bonds is 4. The van der Waals surface area contributed by atoms with Gasteiger partial charge >= 0.3 is 0 Å². The van der Waals surface area contributed by atoms with Gasteiger partial charge in [0, 0.05) is 32.0 Å². The second-order valence-electron chi connectivity index (χ2n) is 5.83. The standard InChI is InChI=1S/C16H25N3O/c1-4-12-7-5-6-8-14(12)18-13-9-10-17-15(11-13)16(20)19(2)3/h9-12,14H,4-8H2,1-3H3,(H,17,18). The van der Waals surface area contributed by atoms with Crippen LogP contribution in [-0.2, 0) is 0 Å². The zero-order valence-corrected chi connectivity index (χ0v) is 12.7. The first-order valence-corrected chi connectivity index (χ1v) is 7.56. The van der Waals surface area contributed by atoms with E-state index in [0.29, 0.717) is 11.7 Å². The fourth-order valence-corrected chi connectivity index (χ4v) is 2.97. The zero-order chi connectivity index (χ0) is 14.5. The molecule has 4 nitrogen and oxygen atoms in total. The van der Waals surface area contributed by atoms with Gasteiger partial charge in [0.1, 0.15) is 5.69 Å². The Morgan fingerprint density at radius 1 is 1.40 bits per heavy atom. The van der Waals surface area contributed by atoms with Gasteiger partial charge in [-0.05, 0) is 30.9 Å². The van der Waals surface area contributed by atoms with Gasteiger partial charge in [-0.3, -0.25) is 9.78 Å². The van der Waals surface area contributed by atoms with Gasteiger partial charge in [0.2, 0.25) is 0 Å². The minimum Gasteiger partial charge on any atom is -0.382 e. The predicted molar refractivity (Wildman–Crippen MR) is 81.9 cm³/mol. The second-order valence-corrected chi connectivity index (χ2v) is 5.83. The smallest absolute Gasteiger partial charge is 0.272 e. The van der Waals surface area contributed by atoms with E-state index in [4.69, 9.17) is 0 Å². The lowest BCUT2D eigenvalue weighted by Gasteiger charge is -2.32. The molecule has 0 saturated heterocycles. The summed E-state index contributed by atoms with van der Waals surface area (Å²) in [5.41, 5.74) is 1.51. The van der Waals surface area contributed by atoms with Crippen LogP contribution in [0.1, 0.15) is 49.5 Å². The second kappa shape index (κ2) is 6.73. The van der Waals surface area contributed by atoms with E-state index in [1.165, 1.54) is 32.1 Å². The van der Waals surface area contributed by atoms with Gasteiger partial charge in [0.25, 0.3) is 5.91 Å². The minimum absolute atomic E-state index is 0.0515. The number of pyridine rings is 1. The van der Waals surface area contributed by atoms with Crippen molar-refractivity contribution in [3.8, 4) is 0 Å². The molecular weight excluding hydrogens is 250 g/mol. The zero-order valence-electron chi connectivity index (χ0n) is 12.7. The number of anilines is 1. The summed E-state index contributed by atoms with van der Waals surface area (Å²) in [5, 5.41) is 3.61. The Morgan fingerprint density at radius 2 is 2.15 bits per heavy atom. The van der Waals surface area contributed by atoms with Gasteiger partial charge in [0.05, 0.1) is 0 Å². The summed E-state index contributed by atoms with van der Waals surface area (Å²) >= 11 is 0. The number of carbonyl (C=O) groups excluding carboxylic acids is 1. The molecule has 1 heterocycles. The quantitative estimate of drug-likeness (QED) is 0.918. The van der Waals surface area contributed by atoms with Crippen molar-refractivity contribution >= 4 is 11.6 Å². The maximum absolute atomic E-state index is 11.9. The van der Waals surface area contributed by atoms with Gasteiger partial charge in [-0.15, -0.1) is 0 Å². The van der Waals surface area contributed by atoms with E-state index in [9.17, 15) is 4.79 Å². The lowest BCUT2D eigenvalue weighted by atomic mass is 9.83. The van der Waals surface area contributed by atoms with E-state index >= 15 is 0 Å². The summed E-state index contributed by atoms with van der Waals surface area (Å²) in [6.07, 6.45) is 8.09. The molecule has 110 valence electrons. The van der Waals surface area contributed by atoms with Crippen LogP contribution in [0.3, 0.4) is 0 Å². The number of carbonyl (C=O) groups is 1. The van der Waals surface area contributed by atoms with E-state index in [1.807, 2.05) is 12.1 Å². The van der Waals surface area contributed by atoms with E-state index in [0.717, 1.165) is 11.6 Å². The summed E-state index contributed by atoms with van der Waals surface area (Å²) < 4.78 is 0. The molecule has 0 spiro atoms. The summed E-state index contributed by atoms with van der Waals surface area (Å²) in [5.74, 6) is 0.689. The molecular formula is C16H25N3O. The average molecular weight is 275 g/mol. The highest BCUT2D eigenvalue weighted by atomic mass is 16.2. The molecule has 0 radical (unpaired) electrons. The van der Waals surface area contributed by atoms with Crippen molar-refractivity contribution in [2.75, 3.05) is 19.4 Å². The third-order valence-electron chi connectivity index (χ3n) is 4.17. The largest absolute Gasteiger partial charge is 0.382 e. The summed E-state index contributed by atoms with van der Waals surface area (Å²) in [6, 6.07) is 4.34. The average Bonchev–Trinajstić information content (AvgIpc) is 2.47. The van der Waals surface area contributed by atoms with Gasteiger partial charge in [-0.25, -0.2) is 0 Å². The van der Waals surface area contributed by atoms with E-state index in [1.54, 1.807) is 25.2 Å². The van der Waals surface area contributed by atoms with Gasteiger partial charge in [0.15, 0.2) is 0 Å². The Hall–Kier alpha value is -1.58. The van der Waals surface area contributed by atoms with Crippen LogP contribution in [0.5, 0.6) is 0 Å². The molecule has 0 bridgehead atoms. The fraction of sp³-hybridized carbons (Fsp3) is 0.625. The van der Waals surface area contributed by atoms with Crippen LogP contribution < -0.4 is 5.32 Å². The molecule has 1 amide bonds. The molecule has 1 fully saturated rings. The number of nitrogens with one attached hydrogen (secondary N) is 1. The molecule has 1 aromatic rings. The first kappa shape index (κ1) is 14.8. The van der Waals surface area contributed by atoms with Crippen molar-refractivity contribution in [2.24, 2.45) is 5.92 Å². The summed E-state index contributed by atoms with van der Waals surface area (Å²) in [6.45, 7) is 2.26. The Bertz CT molecular complexity index is 459. The lowest BCUT2D eigenvalue weighted by molar-refractivity contribution is 0.0822. The molecule has 2 unspecified atom stereocenters. The Balaban J connectivity index is 2.09. The number of aromatic nitrogens is 1. The van der Waals surface area contributed by atoms with Crippen molar-refractivity contribution < 1.29 is 4.79 Å². The molecule has 1 aromatic heterocycles. The maximum atomic E-state index is 11.9. The summed E-state index contributed by atoms with van der Waals surface area (Å²) in [4.78, 5) is 17.7. The monoisotopic (exact) mass is 275 g/mol. The molecule has 1 aliphatic rings. The van der Waals surface area contributed by atoms with E-state index < -0.39 is 0 Å². The SMILES string of the molecule is CCC1CCCCC1Nc1ccnc(C(=O)N(C)C)c1. The van der Waals surface area contributed by atoms with Crippen LogP contribution in [0.4, 0.5) is 5.69 Å². The third kappa shape index (κ3) is 3.50. The number of amides is 1. The highest BCUT2D eigenvalue weighted by Gasteiger charge is 2.23. The van der Waals surface area contributed by atoms with E-state index in [-0.39, 0.29) is 5.91 Å². The van der Waals surface area contributed by atoms with Crippen molar-refractivity contribution in [1.82, 2.24) is 9.88 Å². The van der Waals surface area contributed by atoms with Crippen molar-refractivity contribution in [3.05, 3.63) is 24.0 Å². The van der Waals surface area contributed by atoms with Crippen molar-refractivity contribution in [1.29, 1.82) is 0 Å². The Morgan fingerprint density at radius 3 is 2.85 bits per heavy atom. The van der Waals surface area contributed by atoms with Gasteiger partial charge < -0.3 is 10.2 Å². The van der Waals surface area contributed by atoms with Crippen LogP contribution >= 0.6 is 0 Å². The van der Waals surface area contributed by atoms with Gasteiger partial charge in [-0.1, -0.05) is 26.2 Å². The molecule has 1 saturated carbocycles. The number of hydrogen-bond acceptors (Lipinski definition) is 3. The van der Waals surface area contributed by atoms with Gasteiger partial charge in [-0.2, -0.15) is 0 Å². The normalized spacial score (nSPS) is 22.4. The molecule has 0 aromatic carbocycles. The molecule has 1 N–H and O–H groups in total. The molecule has 4 heteroatoms. The number of hydrogen-bond donors (Lipinski definition) is 1. The van der Waals surface area contributed by atoms with Crippen LogP contribution in [0, 0.1) is 5.92 Å². The minimum atomic E-state index is -0.0515. The number of nitrogens with zero attached hydrogens (tertiary/aromatic N) is 2. The Kier molecular flexibility index (Phi) is 4.99. The predicted octanol–water partition coefficient (Wildman–Crippen LogP) is 3.16. The van der Waals surface area contributed by atoms with Crippen molar-refractivity contribution in [2.45, 2.75) is 45.1 Å². The fourth-order valence-electron chi connectivity index (χ4n) is 2.97. The summed E-state index contributed by atoms with van der Waals surface area (Å²) in [7, 11) is 3.50. The van der Waals surface area contributed by atoms with Crippen LogP contribution in [0.25, 0.3) is 0 Å². The topological polar surface area (TPSA) is 45.2 Å². The third-order valence-corrected chi connectivity index (χ3v) is 4.17. The van der Waals surface area contributed by atoms with Crippen LogP contribution in [0.15, 0.2) is 18.3 Å². The molecule has 2 rings (SSSR count). The molecule has 0 aliphatic heterocycles. The highest BCUT2D eigenvalue weighted by molar-refractivity contribution is 5.92. The van der Waals surface area contributed by atoms with Crippen molar-refractivity contribution in [3.63, 3.8) is 0 Å². The molecule has 1 aliphatic carbocycles.